The molecule has 0 unspecified atom stereocenters. The van der Waals surface area contributed by atoms with Crippen LogP contribution in [-0.2, 0) is 28.7 Å². The Hall–Kier alpha value is -3.94. The van der Waals surface area contributed by atoms with Gasteiger partial charge in [-0.2, -0.15) is 0 Å². The number of aryl methyl sites for hydroxylation is 2. The summed E-state index contributed by atoms with van der Waals surface area (Å²) in [5, 5.41) is 0. The second-order valence-corrected chi connectivity index (χ2v) is 6.60. The highest BCUT2D eigenvalue weighted by atomic mass is 16.6. The molecule has 0 N–H and O–H groups in total. The highest BCUT2D eigenvalue weighted by molar-refractivity contribution is 5.94. The monoisotopic (exact) mass is 426 g/mol. The summed E-state index contributed by atoms with van der Waals surface area (Å²) in [6.07, 6.45) is -0.510. The molecule has 8 heteroatoms. The molecule has 0 heterocycles. The van der Waals surface area contributed by atoms with Crippen molar-refractivity contribution >= 4 is 23.9 Å². The molecule has 0 aromatic heterocycles. The van der Waals surface area contributed by atoms with Crippen molar-refractivity contribution in [1.82, 2.24) is 0 Å². The minimum atomic E-state index is -0.958. The molecule has 0 aliphatic carbocycles. The summed E-state index contributed by atoms with van der Waals surface area (Å²) in [4.78, 5) is 47.1. The van der Waals surface area contributed by atoms with Gasteiger partial charge in [0.1, 0.15) is 11.5 Å². The number of esters is 4. The van der Waals surface area contributed by atoms with Gasteiger partial charge in [0, 0.05) is 5.57 Å². The van der Waals surface area contributed by atoms with Crippen molar-refractivity contribution in [2.75, 3.05) is 13.2 Å². The second kappa shape index (κ2) is 11.3. The zero-order chi connectivity index (χ0) is 22.8. The normalized spacial score (nSPS) is 10.0. The molecule has 0 aliphatic heterocycles. The van der Waals surface area contributed by atoms with Crippen LogP contribution < -0.4 is 9.47 Å². The third-order valence-corrected chi connectivity index (χ3v) is 3.76. The van der Waals surface area contributed by atoms with Gasteiger partial charge in [-0.25, -0.2) is 14.4 Å². The molecule has 0 radical (unpaired) electrons. The Bertz CT molecular complexity index is 993. The van der Waals surface area contributed by atoms with Crippen molar-refractivity contribution in [3.63, 3.8) is 0 Å². The molecular formula is C23H22O8. The zero-order valence-corrected chi connectivity index (χ0v) is 17.2. The van der Waals surface area contributed by atoms with Gasteiger partial charge in [-0.1, -0.05) is 30.8 Å². The molecule has 2 aromatic rings. The first-order valence-corrected chi connectivity index (χ1v) is 9.28. The van der Waals surface area contributed by atoms with Gasteiger partial charge in [-0.05, 0) is 49.2 Å². The van der Waals surface area contributed by atoms with E-state index in [-0.39, 0.29) is 5.57 Å². The van der Waals surface area contributed by atoms with Crippen molar-refractivity contribution < 1.29 is 38.1 Å². The van der Waals surface area contributed by atoms with Crippen LogP contribution in [0.5, 0.6) is 11.5 Å². The average molecular weight is 426 g/mol. The molecule has 8 nitrogen and oxygen atoms in total. The molecular weight excluding hydrogens is 404 g/mol. The first-order chi connectivity index (χ1) is 14.7. The van der Waals surface area contributed by atoms with Crippen molar-refractivity contribution in [2.24, 2.45) is 0 Å². The fourth-order valence-corrected chi connectivity index (χ4v) is 2.34. The van der Waals surface area contributed by atoms with Crippen LogP contribution >= 0.6 is 0 Å². The van der Waals surface area contributed by atoms with E-state index in [1.54, 1.807) is 36.4 Å². The largest absolute Gasteiger partial charge is 0.453 e. The highest BCUT2D eigenvalue weighted by Crippen LogP contribution is 2.14. The Kier molecular flexibility index (Phi) is 8.51. The number of ether oxygens (including phenoxy) is 4. The van der Waals surface area contributed by atoms with Gasteiger partial charge in [-0.3, -0.25) is 4.79 Å². The first kappa shape index (κ1) is 23.3. The first-order valence-electron chi connectivity index (χ1n) is 9.28. The molecule has 2 aromatic carbocycles. The van der Waals surface area contributed by atoms with Gasteiger partial charge < -0.3 is 18.9 Å². The topological polar surface area (TPSA) is 105 Å². The Labute approximate surface area is 179 Å². The molecule has 31 heavy (non-hydrogen) atoms. The number of benzene rings is 2. The number of rotatable bonds is 9. The minimum Gasteiger partial charge on any atom is -0.453 e. The maximum absolute atomic E-state index is 11.9. The van der Waals surface area contributed by atoms with E-state index in [9.17, 15) is 19.2 Å². The van der Waals surface area contributed by atoms with Gasteiger partial charge in [-0.15, -0.1) is 0 Å². The Morgan fingerprint density at radius 2 is 1.23 bits per heavy atom. The van der Waals surface area contributed by atoms with E-state index in [1.165, 1.54) is 0 Å². The highest BCUT2D eigenvalue weighted by Gasteiger charge is 2.18. The maximum Gasteiger partial charge on any atom is 0.349 e. The molecule has 0 spiro atoms. The molecule has 0 fully saturated rings. The van der Waals surface area contributed by atoms with E-state index >= 15 is 0 Å². The van der Waals surface area contributed by atoms with Crippen LogP contribution in [0.3, 0.4) is 0 Å². The average Bonchev–Trinajstić information content (AvgIpc) is 2.70. The van der Waals surface area contributed by atoms with Gasteiger partial charge in [0.05, 0.1) is 6.42 Å². The molecule has 0 bridgehead atoms. The summed E-state index contributed by atoms with van der Waals surface area (Å²) >= 11 is 0. The second-order valence-electron chi connectivity index (χ2n) is 6.60. The minimum absolute atomic E-state index is 0.236. The smallest absolute Gasteiger partial charge is 0.349 e. The lowest BCUT2D eigenvalue weighted by Gasteiger charge is -2.08. The van der Waals surface area contributed by atoms with Gasteiger partial charge >= 0.3 is 23.9 Å². The van der Waals surface area contributed by atoms with Crippen LogP contribution in [0.15, 0.2) is 60.7 Å². The van der Waals surface area contributed by atoms with E-state index in [0.717, 1.165) is 11.1 Å². The Balaban J connectivity index is 1.68. The molecule has 0 aliphatic rings. The van der Waals surface area contributed by atoms with E-state index in [0.29, 0.717) is 11.5 Å². The van der Waals surface area contributed by atoms with Gasteiger partial charge in [0.25, 0.3) is 0 Å². The third-order valence-electron chi connectivity index (χ3n) is 3.76. The fraction of sp³-hybridized carbons (Fsp3) is 0.217. The van der Waals surface area contributed by atoms with Crippen molar-refractivity contribution in [3.8, 4) is 11.5 Å². The molecule has 0 atom stereocenters. The van der Waals surface area contributed by atoms with Crippen LogP contribution in [0.25, 0.3) is 0 Å². The van der Waals surface area contributed by atoms with Crippen LogP contribution in [-0.4, -0.2) is 37.1 Å². The summed E-state index contributed by atoms with van der Waals surface area (Å²) in [6.45, 7) is 5.83. The van der Waals surface area contributed by atoms with E-state index in [4.69, 9.17) is 18.9 Å². The summed E-state index contributed by atoms with van der Waals surface area (Å²) in [6, 6.07) is 13.6. The van der Waals surface area contributed by atoms with Crippen molar-refractivity contribution in [2.45, 2.75) is 20.3 Å². The lowest BCUT2D eigenvalue weighted by molar-refractivity contribution is -0.154. The zero-order valence-electron chi connectivity index (χ0n) is 17.2. The van der Waals surface area contributed by atoms with Crippen molar-refractivity contribution in [3.05, 3.63) is 71.8 Å². The van der Waals surface area contributed by atoms with Crippen LogP contribution in [0, 0.1) is 13.8 Å². The molecule has 0 amide bonds. The standard InChI is InChI=1S/C23H22O8/c1-15-6-4-8-18(10-15)30-21(25)13-28-20(24)12-17(3)23(27)29-14-22(26)31-19-9-5-7-16(2)11-19/h4-11H,3,12-14H2,1-2H3. The van der Waals surface area contributed by atoms with Crippen LogP contribution in [0.1, 0.15) is 17.5 Å². The number of carbonyl (C=O) groups is 4. The number of carbonyl (C=O) groups excluding carboxylic acids is 4. The quantitative estimate of drug-likeness (QED) is 0.342. The molecule has 2 rings (SSSR count). The number of hydrogen-bond acceptors (Lipinski definition) is 8. The SMILES string of the molecule is C=C(CC(=O)OCC(=O)Oc1cccc(C)c1)C(=O)OCC(=O)Oc1cccc(C)c1. The van der Waals surface area contributed by atoms with Gasteiger partial charge in [0.15, 0.2) is 13.2 Å². The predicted octanol–water partition coefficient (Wildman–Crippen LogP) is 2.85. The Morgan fingerprint density at radius 1 is 0.742 bits per heavy atom. The predicted molar refractivity (Wildman–Crippen MR) is 109 cm³/mol. The molecule has 162 valence electrons. The van der Waals surface area contributed by atoms with E-state index < -0.39 is 43.5 Å². The third kappa shape index (κ3) is 8.53. The lowest BCUT2D eigenvalue weighted by Crippen LogP contribution is -2.22. The van der Waals surface area contributed by atoms with Crippen LogP contribution in [0.2, 0.25) is 0 Å². The van der Waals surface area contributed by atoms with E-state index in [1.807, 2.05) is 26.0 Å². The fourth-order valence-electron chi connectivity index (χ4n) is 2.34. The van der Waals surface area contributed by atoms with Crippen LogP contribution in [0.4, 0.5) is 0 Å². The summed E-state index contributed by atoms with van der Waals surface area (Å²) in [7, 11) is 0. The number of hydrogen-bond donors (Lipinski definition) is 0. The van der Waals surface area contributed by atoms with Gasteiger partial charge in [0.2, 0.25) is 0 Å². The lowest BCUT2D eigenvalue weighted by atomic mass is 10.2. The summed E-state index contributed by atoms with van der Waals surface area (Å²) < 4.78 is 19.6. The van der Waals surface area contributed by atoms with E-state index in [2.05, 4.69) is 6.58 Å². The summed E-state index contributed by atoms with van der Waals surface area (Å²) in [5.74, 6) is -2.74. The maximum atomic E-state index is 11.9. The molecule has 0 saturated heterocycles. The summed E-state index contributed by atoms with van der Waals surface area (Å²) in [5.41, 5.74) is 1.57. The Morgan fingerprint density at radius 3 is 1.71 bits per heavy atom. The van der Waals surface area contributed by atoms with Crippen molar-refractivity contribution in [1.29, 1.82) is 0 Å². The molecule has 0 saturated carbocycles.